The molecular formula is C13H17N5OS. The quantitative estimate of drug-likeness (QED) is 0.639. The van der Waals surface area contributed by atoms with Gasteiger partial charge in [-0.05, 0) is 13.3 Å². The molecule has 1 aromatic carbocycles. The minimum atomic E-state index is -0.377. The Balaban J connectivity index is 2.27. The predicted molar refractivity (Wildman–Crippen MR) is 79.5 cm³/mol. The highest BCUT2D eigenvalue weighted by Gasteiger charge is 2.20. The zero-order valence-corrected chi connectivity index (χ0v) is 12.2. The lowest BCUT2D eigenvalue weighted by Crippen LogP contribution is -2.26. The maximum absolute atomic E-state index is 11.3. The Hall–Kier alpha value is -2.02. The van der Waals surface area contributed by atoms with Gasteiger partial charge >= 0.3 is 0 Å². The maximum Gasteiger partial charge on any atom is 0.231 e. The lowest BCUT2D eigenvalue weighted by molar-refractivity contribution is -0.117. The number of nitrogens with zero attached hydrogens (tertiary/aromatic N) is 3. The van der Waals surface area contributed by atoms with Crippen LogP contribution in [0, 0.1) is 6.92 Å². The molecule has 0 fully saturated rings. The highest BCUT2D eigenvalue weighted by molar-refractivity contribution is 8.00. The minimum absolute atomic E-state index is 0.354. The van der Waals surface area contributed by atoms with Crippen LogP contribution in [0.1, 0.15) is 18.9 Å². The first-order valence-electron chi connectivity index (χ1n) is 6.26. The second kappa shape index (κ2) is 5.96. The summed E-state index contributed by atoms with van der Waals surface area (Å²) in [6.45, 7) is 3.90. The topological polar surface area (TPSA) is 99.8 Å². The number of rotatable bonds is 5. The molecule has 1 unspecified atom stereocenters. The van der Waals surface area contributed by atoms with Crippen molar-refractivity contribution < 1.29 is 4.79 Å². The summed E-state index contributed by atoms with van der Waals surface area (Å²) in [6, 6.07) is 7.83. The average Bonchev–Trinajstić information content (AvgIpc) is 2.78. The van der Waals surface area contributed by atoms with Crippen molar-refractivity contribution in [3.05, 3.63) is 29.8 Å². The van der Waals surface area contributed by atoms with Crippen molar-refractivity contribution in [2.24, 2.45) is 5.73 Å². The van der Waals surface area contributed by atoms with Crippen LogP contribution in [0.5, 0.6) is 0 Å². The highest BCUT2D eigenvalue weighted by atomic mass is 32.2. The van der Waals surface area contributed by atoms with E-state index >= 15 is 0 Å². The van der Waals surface area contributed by atoms with Gasteiger partial charge in [0.15, 0.2) is 5.82 Å². The van der Waals surface area contributed by atoms with Crippen molar-refractivity contribution in [2.45, 2.75) is 30.7 Å². The van der Waals surface area contributed by atoms with Crippen molar-refractivity contribution in [3.63, 3.8) is 0 Å². The maximum atomic E-state index is 11.3. The van der Waals surface area contributed by atoms with Gasteiger partial charge in [0.1, 0.15) is 0 Å². The van der Waals surface area contributed by atoms with Crippen molar-refractivity contribution in [1.82, 2.24) is 14.9 Å². The molecule has 7 heteroatoms. The van der Waals surface area contributed by atoms with Gasteiger partial charge in [-0.1, -0.05) is 48.5 Å². The molecule has 1 aromatic heterocycles. The van der Waals surface area contributed by atoms with E-state index in [9.17, 15) is 4.79 Å². The lowest BCUT2D eigenvalue weighted by Gasteiger charge is -2.09. The van der Waals surface area contributed by atoms with Crippen LogP contribution < -0.4 is 11.6 Å². The predicted octanol–water partition coefficient (Wildman–Crippen LogP) is 1.32. The van der Waals surface area contributed by atoms with Crippen molar-refractivity contribution >= 4 is 17.7 Å². The van der Waals surface area contributed by atoms with Crippen molar-refractivity contribution in [3.8, 4) is 11.4 Å². The van der Waals surface area contributed by atoms with Gasteiger partial charge in [-0.25, -0.2) is 4.68 Å². The molecule has 6 nitrogen and oxygen atoms in total. The number of hydrogen-bond donors (Lipinski definition) is 2. The highest BCUT2D eigenvalue weighted by Crippen LogP contribution is 2.26. The number of aryl methyl sites for hydroxylation is 1. The van der Waals surface area contributed by atoms with Gasteiger partial charge in [0.2, 0.25) is 11.1 Å². The molecule has 106 valence electrons. The Morgan fingerprint density at radius 3 is 2.55 bits per heavy atom. The summed E-state index contributed by atoms with van der Waals surface area (Å²) in [5.41, 5.74) is 7.36. The summed E-state index contributed by atoms with van der Waals surface area (Å²) in [7, 11) is 0. The van der Waals surface area contributed by atoms with Gasteiger partial charge in [-0.2, -0.15) is 0 Å². The summed E-state index contributed by atoms with van der Waals surface area (Å²) in [6.07, 6.45) is 0.618. The van der Waals surface area contributed by atoms with E-state index in [1.54, 1.807) is 0 Å². The summed E-state index contributed by atoms with van der Waals surface area (Å²) in [5.74, 6) is 6.18. The first-order chi connectivity index (χ1) is 9.52. The van der Waals surface area contributed by atoms with Gasteiger partial charge in [-0.15, -0.1) is 10.2 Å². The normalized spacial score (nSPS) is 12.3. The third-order valence-electron chi connectivity index (χ3n) is 2.91. The van der Waals surface area contributed by atoms with Crippen LogP contribution >= 0.6 is 11.8 Å². The first kappa shape index (κ1) is 14.4. The monoisotopic (exact) mass is 291 g/mol. The summed E-state index contributed by atoms with van der Waals surface area (Å²) < 4.78 is 1.39. The molecule has 1 amide bonds. The third kappa shape index (κ3) is 2.93. The molecule has 0 bridgehead atoms. The van der Waals surface area contributed by atoms with Crippen LogP contribution in [0.2, 0.25) is 0 Å². The van der Waals surface area contributed by atoms with E-state index in [1.807, 2.05) is 38.1 Å². The van der Waals surface area contributed by atoms with Gasteiger partial charge in [0, 0.05) is 5.56 Å². The first-order valence-corrected chi connectivity index (χ1v) is 7.14. The number of hydrogen-bond acceptors (Lipinski definition) is 5. The Morgan fingerprint density at radius 2 is 2.00 bits per heavy atom. The smallest absolute Gasteiger partial charge is 0.231 e. The Morgan fingerprint density at radius 1 is 1.35 bits per heavy atom. The summed E-state index contributed by atoms with van der Waals surface area (Å²) >= 11 is 1.23. The number of aromatic nitrogens is 3. The molecule has 4 N–H and O–H groups in total. The zero-order chi connectivity index (χ0) is 14.7. The zero-order valence-electron chi connectivity index (χ0n) is 11.4. The van der Waals surface area contributed by atoms with E-state index in [-0.39, 0.29) is 11.2 Å². The number of carbonyl (C=O) groups excluding carboxylic acids is 1. The molecule has 0 aliphatic rings. The van der Waals surface area contributed by atoms with Gasteiger partial charge in [0.05, 0.1) is 5.25 Å². The number of primary amides is 1. The molecule has 0 saturated carbocycles. The summed E-state index contributed by atoms with van der Waals surface area (Å²) in [5, 5.41) is 8.23. The summed E-state index contributed by atoms with van der Waals surface area (Å²) in [4.78, 5) is 11.3. The molecule has 0 saturated heterocycles. The molecule has 0 radical (unpaired) electrons. The Bertz CT molecular complexity index is 608. The van der Waals surface area contributed by atoms with E-state index in [1.165, 1.54) is 16.4 Å². The average molecular weight is 291 g/mol. The van der Waals surface area contributed by atoms with E-state index < -0.39 is 0 Å². The van der Waals surface area contributed by atoms with Gasteiger partial charge in [0.25, 0.3) is 0 Å². The molecular weight excluding hydrogens is 274 g/mol. The largest absolute Gasteiger partial charge is 0.369 e. The molecule has 1 atom stereocenters. The van der Waals surface area contributed by atoms with Crippen molar-refractivity contribution in [2.75, 3.05) is 5.84 Å². The van der Waals surface area contributed by atoms with Crippen molar-refractivity contribution in [1.29, 1.82) is 0 Å². The number of thioether (sulfide) groups is 1. The van der Waals surface area contributed by atoms with Crippen LogP contribution in [0.15, 0.2) is 29.4 Å². The van der Waals surface area contributed by atoms with E-state index in [4.69, 9.17) is 11.6 Å². The minimum Gasteiger partial charge on any atom is -0.369 e. The van der Waals surface area contributed by atoms with Gasteiger partial charge in [-0.3, -0.25) is 4.79 Å². The molecule has 20 heavy (non-hydrogen) atoms. The van der Waals surface area contributed by atoms with Crippen LogP contribution in [0.4, 0.5) is 0 Å². The van der Waals surface area contributed by atoms with Crippen LogP contribution in [-0.2, 0) is 4.79 Å². The number of carbonyl (C=O) groups is 1. The van der Waals surface area contributed by atoms with E-state index in [0.717, 1.165) is 11.1 Å². The van der Waals surface area contributed by atoms with E-state index in [2.05, 4.69) is 10.2 Å². The fourth-order valence-electron chi connectivity index (χ4n) is 1.73. The molecule has 2 aromatic rings. The van der Waals surface area contributed by atoms with Crippen LogP contribution in [0.3, 0.4) is 0 Å². The molecule has 2 rings (SSSR count). The van der Waals surface area contributed by atoms with E-state index in [0.29, 0.717) is 17.4 Å². The second-order valence-corrected chi connectivity index (χ2v) is 5.63. The lowest BCUT2D eigenvalue weighted by atomic mass is 10.1. The molecule has 0 spiro atoms. The third-order valence-corrected chi connectivity index (χ3v) is 4.25. The Kier molecular flexibility index (Phi) is 4.29. The number of amides is 1. The number of nitrogen functional groups attached to an aromatic ring is 1. The Labute approximate surface area is 121 Å². The molecule has 1 heterocycles. The van der Waals surface area contributed by atoms with Gasteiger partial charge < -0.3 is 11.6 Å². The fraction of sp³-hybridized carbons (Fsp3) is 0.308. The number of benzene rings is 1. The second-order valence-electron chi connectivity index (χ2n) is 4.46. The van der Waals surface area contributed by atoms with Crippen LogP contribution in [-0.4, -0.2) is 26.0 Å². The number of nitrogens with two attached hydrogens (primary N) is 2. The molecule has 0 aliphatic carbocycles. The SMILES string of the molecule is CCC(Sc1nnc(-c2ccc(C)cc2)n1N)C(N)=O. The fourth-order valence-corrected chi connectivity index (χ4v) is 2.55. The molecule has 0 aliphatic heterocycles. The van der Waals surface area contributed by atoms with Crippen LogP contribution in [0.25, 0.3) is 11.4 Å². The standard InChI is InChI=1S/C13H17N5OS/c1-3-10(11(14)19)20-13-17-16-12(18(13)15)9-6-4-8(2)5-7-9/h4-7,10H,3,15H2,1-2H3,(H2,14,19).